The molecule has 1 rings (SSSR count). The molecule has 0 fully saturated rings. The Kier molecular flexibility index (Phi) is 3.75. The first-order chi connectivity index (χ1) is 7.06. The van der Waals surface area contributed by atoms with E-state index in [1.165, 1.54) is 6.92 Å². The van der Waals surface area contributed by atoms with Crippen LogP contribution in [0, 0.1) is 12.3 Å². The zero-order valence-electron chi connectivity index (χ0n) is 8.38. The van der Waals surface area contributed by atoms with Crippen LogP contribution in [0.5, 0.6) is 5.75 Å². The maximum atomic E-state index is 11.6. The molecule has 0 amide bonds. The number of terminal acetylenes is 1. The van der Waals surface area contributed by atoms with Crippen molar-refractivity contribution in [2.75, 3.05) is 0 Å². The van der Waals surface area contributed by atoms with Crippen molar-refractivity contribution >= 4 is 10.1 Å². The Bertz CT molecular complexity index is 442. The van der Waals surface area contributed by atoms with Gasteiger partial charge in [0.25, 0.3) is 0 Å². The molecule has 0 aliphatic carbocycles. The molecule has 1 atom stereocenters. The summed E-state index contributed by atoms with van der Waals surface area (Å²) in [5, 5.41) is -0.692. The van der Waals surface area contributed by atoms with E-state index in [9.17, 15) is 8.42 Å². The monoisotopic (exact) mass is 224 g/mol. The molecular weight excluding hydrogens is 212 g/mol. The predicted molar refractivity (Wildman–Crippen MR) is 58.9 cm³/mol. The second-order valence-corrected chi connectivity index (χ2v) is 5.07. The van der Waals surface area contributed by atoms with Gasteiger partial charge in [0.1, 0.15) is 11.0 Å². The van der Waals surface area contributed by atoms with Gasteiger partial charge in [0.15, 0.2) is 0 Å². The first-order valence-corrected chi connectivity index (χ1v) is 5.95. The van der Waals surface area contributed by atoms with Gasteiger partial charge in [0.05, 0.1) is 0 Å². The maximum Gasteiger partial charge on any atom is 0.312 e. The van der Waals surface area contributed by atoms with Crippen molar-refractivity contribution in [1.82, 2.24) is 0 Å². The first-order valence-electron chi connectivity index (χ1n) is 4.48. The zero-order chi connectivity index (χ0) is 11.3. The smallest absolute Gasteiger partial charge is 0.312 e. The summed E-state index contributed by atoms with van der Waals surface area (Å²) in [4.78, 5) is 0. The summed E-state index contributed by atoms with van der Waals surface area (Å²) < 4.78 is 28.0. The lowest BCUT2D eigenvalue weighted by atomic mass is 10.3. The summed E-state index contributed by atoms with van der Waals surface area (Å²) >= 11 is 0. The standard InChI is InChI=1S/C11H12O3S/c1-3-7-10(2)15(12,13)14-11-8-5-4-6-9-11/h1,4-6,8-10H,7H2,2H3. The SMILES string of the molecule is C#CCC(C)S(=O)(=O)Oc1ccccc1. The minimum Gasteiger partial charge on any atom is -0.382 e. The van der Waals surface area contributed by atoms with Crippen molar-refractivity contribution < 1.29 is 12.6 Å². The van der Waals surface area contributed by atoms with Crippen LogP contribution in [0.2, 0.25) is 0 Å². The summed E-state index contributed by atoms with van der Waals surface area (Å²) in [5.74, 6) is 2.61. The summed E-state index contributed by atoms with van der Waals surface area (Å²) in [5.41, 5.74) is 0. The molecular formula is C11H12O3S. The fourth-order valence-electron chi connectivity index (χ4n) is 0.960. The van der Waals surface area contributed by atoms with Crippen LogP contribution < -0.4 is 4.18 Å². The van der Waals surface area contributed by atoms with E-state index >= 15 is 0 Å². The lowest BCUT2D eigenvalue weighted by molar-refractivity contribution is 0.474. The van der Waals surface area contributed by atoms with E-state index in [0.29, 0.717) is 5.75 Å². The van der Waals surface area contributed by atoms with Gasteiger partial charge in [-0.1, -0.05) is 18.2 Å². The van der Waals surface area contributed by atoms with E-state index in [2.05, 4.69) is 5.92 Å². The summed E-state index contributed by atoms with van der Waals surface area (Å²) in [6, 6.07) is 8.36. The molecule has 15 heavy (non-hydrogen) atoms. The van der Waals surface area contributed by atoms with E-state index in [0.717, 1.165) is 0 Å². The van der Waals surface area contributed by atoms with E-state index in [-0.39, 0.29) is 6.42 Å². The van der Waals surface area contributed by atoms with Gasteiger partial charge in [-0.15, -0.1) is 12.3 Å². The summed E-state index contributed by atoms with van der Waals surface area (Å²) in [7, 11) is -3.62. The molecule has 0 heterocycles. The fourth-order valence-corrected chi connectivity index (χ4v) is 1.80. The maximum absolute atomic E-state index is 11.6. The van der Waals surface area contributed by atoms with Gasteiger partial charge in [-0.2, -0.15) is 8.42 Å². The molecule has 80 valence electrons. The van der Waals surface area contributed by atoms with Crippen LogP contribution >= 0.6 is 0 Å². The summed E-state index contributed by atoms with van der Waals surface area (Å²) in [6.07, 6.45) is 5.20. The van der Waals surface area contributed by atoms with Crippen molar-refractivity contribution in [2.24, 2.45) is 0 Å². The van der Waals surface area contributed by atoms with Crippen molar-refractivity contribution in [2.45, 2.75) is 18.6 Å². The molecule has 3 nitrogen and oxygen atoms in total. The van der Waals surface area contributed by atoms with Crippen LogP contribution in [0.4, 0.5) is 0 Å². The van der Waals surface area contributed by atoms with E-state index in [4.69, 9.17) is 10.6 Å². The average molecular weight is 224 g/mol. The first kappa shape index (κ1) is 11.6. The molecule has 0 aromatic heterocycles. The van der Waals surface area contributed by atoms with Crippen LogP contribution in [0.15, 0.2) is 30.3 Å². The molecule has 0 saturated carbocycles. The molecule has 1 aromatic rings. The topological polar surface area (TPSA) is 43.4 Å². The van der Waals surface area contributed by atoms with Gasteiger partial charge < -0.3 is 4.18 Å². The third kappa shape index (κ3) is 3.30. The Labute approximate surface area is 90.2 Å². The molecule has 1 aromatic carbocycles. The van der Waals surface area contributed by atoms with Crippen molar-refractivity contribution in [3.63, 3.8) is 0 Å². The highest BCUT2D eigenvalue weighted by atomic mass is 32.2. The van der Waals surface area contributed by atoms with Crippen LogP contribution in [0.3, 0.4) is 0 Å². The molecule has 0 aliphatic rings. The Morgan fingerprint density at radius 3 is 2.53 bits per heavy atom. The molecule has 4 heteroatoms. The minimum absolute atomic E-state index is 0.148. The second kappa shape index (κ2) is 4.85. The normalized spacial score (nSPS) is 12.8. The Morgan fingerprint density at radius 1 is 1.40 bits per heavy atom. The van der Waals surface area contributed by atoms with Gasteiger partial charge in [-0.05, 0) is 19.1 Å². The van der Waals surface area contributed by atoms with Gasteiger partial charge in [0.2, 0.25) is 0 Å². The van der Waals surface area contributed by atoms with E-state index < -0.39 is 15.4 Å². The lowest BCUT2D eigenvalue weighted by Crippen LogP contribution is -2.22. The molecule has 0 bridgehead atoms. The average Bonchev–Trinajstić information content (AvgIpc) is 2.19. The van der Waals surface area contributed by atoms with Crippen LogP contribution in [0.25, 0.3) is 0 Å². The highest BCUT2D eigenvalue weighted by Gasteiger charge is 2.21. The number of rotatable bonds is 4. The quantitative estimate of drug-likeness (QED) is 0.578. The largest absolute Gasteiger partial charge is 0.382 e. The van der Waals surface area contributed by atoms with Crippen LogP contribution in [-0.2, 0) is 10.1 Å². The molecule has 0 radical (unpaired) electrons. The van der Waals surface area contributed by atoms with Crippen molar-refractivity contribution in [3.05, 3.63) is 30.3 Å². The molecule has 1 unspecified atom stereocenters. The summed E-state index contributed by atoms with van der Waals surface area (Å²) in [6.45, 7) is 1.53. The van der Waals surface area contributed by atoms with E-state index in [1.807, 2.05) is 0 Å². The highest BCUT2D eigenvalue weighted by molar-refractivity contribution is 7.87. The van der Waals surface area contributed by atoms with E-state index in [1.54, 1.807) is 30.3 Å². The zero-order valence-corrected chi connectivity index (χ0v) is 9.20. The van der Waals surface area contributed by atoms with Gasteiger partial charge in [-0.3, -0.25) is 0 Å². The van der Waals surface area contributed by atoms with Gasteiger partial charge >= 0.3 is 10.1 Å². The minimum atomic E-state index is -3.62. The van der Waals surface area contributed by atoms with Crippen molar-refractivity contribution in [1.29, 1.82) is 0 Å². The number of hydrogen-bond acceptors (Lipinski definition) is 3. The second-order valence-electron chi connectivity index (χ2n) is 3.11. The molecule has 0 spiro atoms. The van der Waals surface area contributed by atoms with Crippen LogP contribution in [0.1, 0.15) is 13.3 Å². The Morgan fingerprint density at radius 2 is 2.00 bits per heavy atom. The van der Waals surface area contributed by atoms with Gasteiger partial charge in [0, 0.05) is 6.42 Å². The Balaban J connectivity index is 2.78. The highest BCUT2D eigenvalue weighted by Crippen LogP contribution is 2.15. The fraction of sp³-hybridized carbons (Fsp3) is 0.273. The lowest BCUT2D eigenvalue weighted by Gasteiger charge is -2.10. The van der Waals surface area contributed by atoms with Crippen molar-refractivity contribution in [3.8, 4) is 18.1 Å². The number of benzene rings is 1. The van der Waals surface area contributed by atoms with Gasteiger partial charge in [-0.25, -0.2) is 0 Å². The third-order valence-electron chi connectivity index (χ3n) is 1.85. The molecule has 0 aliphatic heterocycles. The number of hydrogen-bond donors (Lipinski definition) is 0. The molecule has 0 N–H and O–H groups in total. The number of para-hydroxylation sites is 1. The third-order valence-corrected chi connectivity index (χ3v) is 3.43. The predicted octanol–water partition coefficient (Wildman–Crippen LogP) is 1.81. The molecule has 0 saturated heterocycles. The van der Waals surface area contributed by atoms with Crippen LogP contribution in [-0.4, -0.2) is 13.7 Å². The Hall–Kier alpha value is -1.47.